The van der Waals surface area contributed by atoms with E-state index in [1.165, 1.54) is 0 Å². The van der Waals surface area contributed by atoms with Crippen LogP contribution in [0.1, 0.15) is 31.9 Å². The molecule has 0 heterocycles. The minimum Gasteiger partial charge on any atom is -0.357 e. The maximum atomic E-state index is 12.2. The fourth-order valence-corrected chi connectivity index (χ4v) is 1.99. The highest BCUT2D eigenvalue weighted by atomic mass is 35.5. The van der Waals surface area contributed by atoms with E-state index < -0.39 is 12.6 Å². The maximum absolute atomic E-state index is 12.2. The molecule has 0 spiro atoms. The first kappa shape index (κ1) is 18.9. The van der Waals surface area contributed by atoms with Gasteiger partial charge >= 0.3 is 6.18 Å². The van der Waals surface area contributed by atoms with E-state index in [-0.39, 0.29) is 12.6 Å². The minimum atomic E-state index is -4.21. The smallest absolute Gasteiger partial charge is 0.357 e. The normalized spacial score (nSPS) is 13.9. The van der Waals surface area contributed by atoms with Crippen molar-refractivity contribution in [1.82, 2.24) is 10.6 Å². The predicted molar refractivity (Wildman–Crippen MR) is 84.7 cm³/mol. The van der Waals surface area contributed by atoms with Crippen molar-refractivity contribution in [3.8, 4) is 0 Å². The number of hydrogen-bond donors (Lipinski definition) is 2. The van der Waals surface area contributed by atoms with Crippen molar-refractivity contribution in [3.05, 3.63) is 33.8 Å². The lowest BCUT2D eigenvalue weighted by atomic mass is 10.1. The monoisotopic (exact) mass is 355 g/mol. The second-order valence-corrected chi connectivity index (χ2v) is 5.48. The summed E-state index contributed by atoms with van der Waals surface area (Å²) in [6, 6.07) is 5.00. The van der Waals surface area contributed by atoms with E-state index in [1.807, 2.05) is 13.8 Å². The molecule has 1 aromatic rings. The van der Waals surface area contributed by atoms with Crippen LogP contribution >= 0.6 is 23.2 Å². The number of alkyl halides is 3. The van der Waals surface area contributed by atoms with Crippen LogP contribution in [0.5, 0.6) is 0 Å². The molecule has 124 valence electrons. The van der Waals surface area contributed by atoms with Crippen molar-refractivity contribution < 1.29 is 13.2 Å². The molecule has 0 fully saturated rings. The van der Waals surface area contributed by atoms with Gasteiger partial charge in [-0.25, -0.2) is 0 Å². The van der Waals surface area contributed by atoms with E-state index in [9.17, 15) is 13.2 Å². The Kier molecular flexibility index (Phi) is 7.29. The molecule has 1 rings (SSSR count). The zero-order valence-corrected chi connectivity index (χ0v) is 13.8. The Labute approximate surface area is 137 Å². The summed E-state index contributed by atoms with van der Waals surface area (Å²) in [7, 11) is 0. The molecule has 8 heteroatoms. The third kappa shape index (κ3) is 6.75. The second-order valence-electron chi connectivity index (χ2n) is 4.67. The first-order valence-corrected chi connectivity index (χ1v) is 7.55. The Morgan fingerprint density at radius 2 is 1.95 bits per heavy atom. The van der Waals surface area contributed by atoms with Gasteiger partial charge in [-0.3, -0.25) is 4.99 Å². The number of halogens is 5. The van der Waals surface area contributed by atoms with E-state index in [0.717, 1.165) is 5.56 Å². The molecule has 3 nitrogen and oxygen atoms in total. The van der Waals surface area contributed by atoms with Crippen LogP contribution in [0.4, 0.5) is 13.2 Å². The van der Waals surface area contributed by atoms with Crippen molar-refractivity contribution in [2.45, 2.75) is 32.5 Å². The molecule has 0 aromatic heterocycles. The summed E-state index contributed by atoms with van der Waals surface area (Å²) in [6.07, 6.45) is -5.17. The Morgan fingerprint density at radius 1 is 1.27 bits per heavy atom. The van der Waals surface area contributed by atoms with Crippen LogP contribution < -0.4 is 10.6 Å². The molecule has 22 heavy (non-hydrogen) atoms. The standard InChI is InChI=1S/C14H18Cl2F3N3/c1-3-20-13(21-7-6-14(17,18)19)22-9(2)10-4-5-11(15)12(16)8-10/h4-5,8-9H,3,6-7H2,1-2H3,(H2,20,21,22). The molecule has 1 aromatic carbocycles. The third-order valence-electron chi connectivity index (χ3n) is 2.81. The molecule has 0 saturated heterocycles. The highest BCUT2D eigenvalue weighted by molar-refractivity contribution is 6.42. The van der Waals surface area contributed by atoms with Gasteiger partial charge in [-0.1, -0.05) is 29.3 Å². The molecule has 0 radical (unpaired) electrons. The Hall–Kier alpha value is -1.14. The number of nitrogens with zero attached hydrogens (tertiary/aromatic N) is 1. The highest BCUT2D eigenvalue weighted by Gasteiger charge is 2.26. The van der Waals surface area contributed by atoms with Gasteiger partial charge in [-0.2, -0.15) is 13.2 Å². The van der Waals surface area contributed by atoms with Gasteiger partial charge in [-0.05, 0) is 31.5 Å². The highest BCUT2D eigenvalue weighted by Crippen LogP contribution is 2.25. The quantitative estimate of drug-likeness (QED) is 0.599. The average Bonchev–Trinajstić information content (AvgIpc) is 2.40. The van der Waals surface area contributed by atoms with Crippen LogP contribution in [-0.2, 0) is 0 Å². The minimum absolute atomic E-state index is 0.182. The molecule has 0 aliphatic heterocycles. The number of benzene rings is 1. The number of aliphatic imine (C=N–C) groups is 1. The lowest BCUT2D eigenvalue weighted by Crippen LogP contribution is -2.39. The van der Waals surface area contributed by atoms with Crippen molar-refractivity contribution in [2.75, 3.05) is 13.1 Å². The Balaban J connectivity index is 2.72. The van der Waals surface area contributed by atoms with Gasteiger partial charge in [-0.15, -0.1) is 0 Å². The van der Waals surface area contributed by atoms with E-state index in [2.05, 4.69) is 15.6 Å². The van der Waals surface area contributed by atoms with Gasteiger partial charge in [0.05, 0.1) is 29.1 Å². The lowest BCUT2D eigenvalue weighted by molar-refractivity contribution is -0.132. The molecule has 0 aliphatic carbocycles. The predicted octanol–water partition coefficient (Wildman–Crippen LogP) is 4.56. The van der Waals surface area contributed by atoms with Gasteiger partial charge in [0.2, 0.25) is 0 Å². The van der Waals surface area contributed by atoms with Crippen LogP contribution in [0.15, 0.2) is 23.2 Å². The molecule has 0 saturated carbocycles. The summed E-state index contributed by atoms with van der Waals surface area (Å²) < 4.78 is 36.5. The second kappa shape index (κ2) is 8.48. The number of hydrogen-bond acceptors (Lipinski definition) is 1. The van der Waals surface area contributed by atoms with E-state index in [0.29, 0.717) is 22.5 Å². The zero-order valence-electron chi connectivity index (χ0n) is 12.3. The molecule has 2 N–H and O–H groups in total. The summed E-state index contributed by atoms with van der Waals surface area (Å²) in [4.78, 5) is 3.92. The molecular formula is C14H18Cl2F3N3. The molecule has 1 atom stereocenters. The number of nitrogens with one attached hydrogen (secondary N) is 2. The van der Waals surface area contributed by atoms with E-state index in [4.69, 9.17) is 23.2 Å². The Bertz CT molecular complexity index is 519. The summed E-state index contributed by atoms with van der Waals surface area (Å²) in [6.45, 7) is 3.92. The molecule has 1 unspecified atom stereocenters. The first-order valence-electron chi connectivity index (χ1n) is 6.79. The SMILES string of the molecule is CCNC(=NCCC(F)(F)F)NC(C)c1ccc(Cl)c(Cl)c1. The molecule has 0 bridgehead atoms. The topological polar surface area (TPSA) is 36.4 Å². The van der Waals surface area contributed by atoms with Crippen LogP contribution in [0.3, 0.4) is 0 Å². The lowest BCUT2D eigenvalue weighted by Gasteiger charge is -2.18. The van der Waals surface area contributed by atoms with E-state index in [1.54, 1.807) is 18.2 Å². The van der Waals surface area contributed by atoms with Crippen molar-refractivity contribution in [2.24, 2.45) is 4.99 Å². The van der Waals surface area contributed by atoms with Crippen LogP contribution in [0.2, 0.25) is 10.0 Å². The average molecular weight is 356 g/mol. The Morgan fingerprint density at radius 3 is 2.50 bits per heavy atom. The molecule has 0 aliphatic rings. The van der Waals surface area contributed by atoms with Crippen LogP contribution in [0, 0.1) is 0 Å². The molecular weight excluding hydrogens is 338 g/mol. The van der Waals surface area contributed by atoms with Crippen molar-refractivity contribution in [3.63, 3.8) is 0 Å². The van der Waals surface area contributed by atoms with Crippen molar-refractivity contribution >= 4 is 29.2 Å². The zero-order chi connectivity index (χ0) is 16.8. The first-order chi connectivity index (χ1) is 10.2. The summed E-state index contributed by atoms with van der Waals surface area (Å²) in [5.74, 6) is 0.324. The van der Waals surface area contributed by atoms with Gasteiger partial charge in [0.15, 0.2) is 5.96 Å². The fourth-order valence-electron chi connectivity index (χ4n) is 1.68. The fraction of sp³-hybridized carbons (Fsp3) is 0.500. The van der Waals surface area contributed by atoms with Crippen LogP contribution in [-0.4, -0.2) is 25.2 Å². The van der Waals surface area contributed by atoms with Crippen molar-refractivity contribution in [1.29, 1.82) is 0 Å². The van der Waals surface area contributed by atoms with Gasteiger partial charge < -0.3 is 10.6 Å². The largest absolute Gasteiger partial charge is 0.390 e. The maximum Gasteiger partial charge on any atom is 0.390 e. The van der Waals surface area contributed by atoms with Gasteiger partial charge in [0, 0.05) is 6.54 Å². The third-order valence-corrected chi connectivity index (χ3v) is 3.55. The van der Waals surface area contributed by atoms with Crippen LogP contribution in [0.25, 0.3) is 0 Å². The number of guanidine groups is 1. The summed E-state index contributed by atoms with van der Waals surface area (Å²) in [5, 5.41) is 6.82. The summed E-state index contributed by atoms with van der Waals surface area (Å²) in [5.41, 5.74) is 0.857. The van der Waals surface area contributed by atoms with E-state index >= 15 is 0 Å². The van der Waals surface area contributed by atoms with Gasteiger partial charge in [0.25, 0.3) is 0 Å². The van der Waals surface area contributed by atoms with Gasteiger partial charge in [0.1, 0.15) is 0 Å². The number of rotatable bonds is 5. The molecule has 0 amide bonds. The summed E-state index contributed by atoms with van der Waals surface area (Å²) >= 11 is 11.8.